The van der Waals surface area contributed by atoms with E-state index < -0.39 is 7.37 Å². The number of hydrogen-bond donors (Lipinski definition) is 0. The zero-order chi connectivity index (χ0) is 21.1. The fraction of sp³-hybridized carbons (Fsp3) is 1.00. The molecule has 0 spiro atoms. The van der Waals surface area contributed by atoms with Crippen molar-refractivity contribution in [3.8, 4) is 0 Å². The first-order valence-corrected chi connectivity index (χ1v) is 12.2. The molecule has 8 nitrogen and oxygen atoms in total. The van der Waals surface area contributed by atoms with Crippen LogP contribution >= 0.6 is 7.37 Å². The molecule has 170 valence electrons. The molecule has 28 heavy (non-hydrogen) atoms. The fourth-order valence-corrected chi connectivity index (χ4v) is 2.49. The molecule has 0 aliphatic carbocycles. The zero-order valence-corrected chi connectivity index (χ0v) is 19.2. The van der Waals surface area contributed by atoms with Crippen LogP contribution in [0, 0.1) is 0 Å². The van der Waals surface area contributed by atoms with Crippen LogP contribution in [0.1, 0.15) is 27.7 Å². The Kier molecular flexibility index (Phi) is 18.9. The highest BCUT2D eigenvalue weighted by molar-refractivity contribution is 7.58. The van der Waals surface area contributed by atoms with E-state index in [1.807, 2.05) is 27.7 Å². The summed E-state index contributed by atoms with van der Waals surface area (Å²) >= 11 is 0. The number of rotatable bonds is 21. The summed E-state index contributed by atoms with van der Waals surface area (Å²) in [6, 6.07) is 0. The summed E-state index contributed by atoms with van der Waals surface area (Å²) in [4.78, 5) is 0. The van der Waals surface area contributed by atoms with Crippen molar-refractivity contribution in [2.24, 2.45) is 0 Å². The lowest BCUT2D eigenvalue weighted by Gasteiger charge is -2.17. The molecule has 1 unspecified atom stereocenters. The van der Waals surface area contributed by atoms with Crippen LogP contribution in [0.4, 0.5) is 0 Å². The third-order valence-corrected chi connectivity index (χ3v) is 6.25. The minimum atomic E-state index is -2.51. The molecule has 9 heteroatoms. The molecular weight excluding hydrogens is 387 g/mol. The molecule has 0 aromatic rings. The van der Waals surface area contributed by atoms with Crippen LogP contribution in [0.2, 0.25) is 0 Å². The van der Waals surface area contributed by atoms with Crippen LogP contribution in [0.15, 0.2) is 0 Å². The van der Waals surface area contributed by atoms with Crippen molar-refractivity contribution in [1.29, 1.82) is 0 Å². The molecular formula is C19H41O8P. The van der Waals surface area contributed by atoms with Crippen molar-refractivity contribution in [3.05, 3.63) is 0 Å². The summed E-state index contributed by atoms with van der Waals surface area (Å²) in [6.45, 7) is 15.6. The van der Waals surface area contributed by atoms with Crippen LogP contribution in [-0.2, 0) is 37.5 Å². The Morgan fingerprint density at radius 2 is 0.893 bits per heavy atom. The first-order chi connectivity index (χ1) is 13.4. The van der Waals surface area contributed by atoms with Gasteiger partial charge in [-0.3, -0.25) is 4.57 Å². The summed E-state index contributed by atoms with van der Waals surface area (Å²) in [5.41, 5.74) is 0.0317. The maximum Gasteiger partial charge on any atom is 0.202 e. The molecule has 0 heterocycles. The highest BCUT2D eigenvalue weighted by Crippen LogP contribution is 2.47. The Morgan fingerprint density at radius 3 is 1.21 bits per heavy atom. The minimum Gasteiger partial charge on any atom is -0.377 e. The van der Waals surface area contributed by atoms with E-state index >= 15 is 0 Å². The number of ether oxygens (including phenoxy) is 6. The molecule has 0 bridgehead atoms. The fourth-order valence-electron chi connectivity index (χ4n) is 1.75. The monoisotopic (exact) mass is 428 g/mol. The van der Waals surface area contributed by atoms with Crippen molar-refractivity contribution in [2.45, 2.75) is 39.5 Å². The maximum absolute atomic E-state index is 12.0. The van der Waals surface area contributed by atoms with Crippen LogP contribution in [-0.4, -0.2) is 97.7 Å². The third kappa shape index (κ3) is 19.3. The first-order valence-electron chi connectivity index (χ1n) is 10.1. The van der Waals surface area contributed by atoms with Gasteiger partial charge in [0.2, 0.25) is 7.37 Å². The molecule has 0 aliphatic heterocycles. The van der Waals surface area contributed by atoms with E-state index in [1.54, 1.807) is 6.66 Å². The van der Waals surface area contributed by atoms with Crippen LogP contribution in [0.3, 0.4) is 0 Å². The Morgan fingerprint density at radius 1 is 0.571 bits per heavy atom. The van der Waals surface area contributed by atoms with E-state index in [-0.39, 0.29) is 11.8 Å². The van der Waals surface area contributed by atoms with E-state index in [1.165, 1.54) is 0 Å². The van der Waals surface area contributed by atoms with Crippen LogP contribution < -0.4 is 0 Å². The van der Waals surface area contributed by atoms with Crippen molar-refractivity contribution in [1.82, 2.24) is 0 Å². The molecule has 0 rings (SSSR count). The van der Waals surface area contributed by atoms with Crippen LogP contribution in [0.25, 0.3) is 0 Å². The molecule has 0 saturated carbocycles. The predicted molar refractivity (Wildman–Crippen MR) is 110 cm³/mol. The average Bonchev–Trinajstić information content (AvgIpc) is 2.63. The van der Waals surface area contributed by atoms with Gasteiger partial charge in [0.1, 0.15) is 0 Å². The second-order valence-corrected chi connectivity index (χ2v) is 9.93. The molecule has 0 aromatic carbocycles. The van der Waals surface area contributed by atoms with Gasteiger partial charge in [-0.2, -0.15) is 0 Å². The Balaban J connectivity index is 3.13. The van der Waals surface area contributed by atoms with Gasteiger partial charge in [0, 0.05) is 12.3 Å². The summed E-state index contributed by atoms with van der Waals surface area (Å²) < 4.78 is 49.7. The molecule has 0 radical (unpaired) electrons. The normalized spacial score (nSPS) is 14.1. The number of hydrogen-bond acceptors (Lipinski definition) is 8. The molecule has 0 aromatic heterocycles. The molecule has 0 N–H and O–H groups in total. The van der Waals surface area contributed by atoms with E-state index in [0.29, 0.717) is 79.3 Å². The lowest BCUT2D eigenvalue weighted by Crippen LogP contribution is -2.15. The highest BCUT2D eigenvalue weighted by atomic mass is 31.2. The van der Waals surface area contributed by atoms with Gasteiger partial charge in [-0.15, -0.1) is 0 Å². The second-order valence-electron chi connectivity index (χ2n) is 6.82. The van der Waals surface area contributed by atoms with Gasteiger partial charge in [-0.05, 0) is 13.8 Å². The Labute approximate surface area is 170 Å². The van der Waals surface area contributed by atoms with Crippen molar-refractivity contribution >= 4 is 7.37 Å². The summed E-state index contributed by atoms with van der Waals surface area (Å²) in [7, 11) is -2.51. The standard InChI is InChI=1S/C19H41O8P/c1-18(2)26-16-14-24-12-10-22-8-6-21-7-9-23-11-13-25-15-17-27-28(5,20)19(3)4/h18-19H,6-17H2,1-5H3. The quantitative estimate of drug-likeness (QED) is 0.204. The van der Waals surface area contributed by atoms with Gasteiger partial charge in [0.15, 0.2) is 0 Å². The average molecular weight is 429 g/mol. The van der Waals surface area contributed by atoms with Gasteiger partial charge >= 0.3 is 0 Å². The lowest BCUT2D eigenvalue weighted by atomic mass is 10.5. The van der Waals surface area contributed by atoms with Gasteiger partial charge in [0.05, 0.1) is 85.4 Å². The topological polar surface area (TPSA) is 81.7 Å². The summed E-state index contributed by atoms with van der Waals surface area (Å²) in [5, 5.41) is 0. The molecule has 0 aliphatic rings. The molecule has 0 saturated heterocycles. The van der Waals surface area contributed by atoms with Gasteiger partial charge < -0.3 is 32.9 Å². The summed E-state index contributed by atoms with van der Waals surface area (Å²) in [6.07, 6.45) is 0.236. The van der Waals surface area contributed by atoms with Crippen molar-refractivity contribution in [3.63, 3.8) is 0 Å². The largest absolute Gasteiger partial charge is 0.377 e. The molecule has 1 atom stereocenters. The van der Waals surface area contributed by atoms with E-state index in [4.69, 9.17) is 32.9 Å². The predicted octanol–water partition coefficient (Wildman–Crippen LogP) is 2.83. The van der Waals surface area contributed by atoms with Gasteiger partial charge in [-0.1, -0.05) is 13.8 Å². The van der Waals surface area contributed by atoms with E-state index in [0.717, 1.165) is 0 Å². The third-order valence-electron chi connectivity index (χ3n) is 3.68. The van der Waals surface area contributed by atoms with Crippen LogP contribution in [0.5, 0.6) is 0 Å². The second kappa shape index (κ2) is 18.9. The SMILES string of the molecule is CC(C)OCCOCCOCCOCCOCCOCCOP(C)(=O)C(C)C. The molecule has 0 amide bonds. The van der Waals surface area contributed by atoms with Gasteiger partial charge in [0.25, 0.3) is 0 Å². The van der Waals surface area contributed by atoms with Gasteiger partial charge in [-0.25, -0.2) is 0 Å². The van der Waals surface area contributed by atoms with Crippen molar-refractivity contribution < 1.29 is 37.5 Å². The van der Waals surface area contributed by atoms with E-state index in [2.05, 4.69) is 0 Å². The summed E-state index contributed by atoms with van der Waals surface area (Å²) in [5.74, 6) is 0. The van der Waals surface area contributed by atoms with Crippen molar-refractivity contribution in [2.75, 3.05) is 85.9 Å². The molecule has 0 fully saturated rings. The Hall–Kier alpha value is -0.0500. The lowest BCUT2D eigenvalue weighted by molar-refractivity contribution is -0.0219. The highest BCUT2D eigenvalue weighted by Gasteiger charge is 2.20. The smallest absolute Gasteiger partial charge is 0.202 e. The first kappa shape index (κ1) is 27.9. The minimum absolute atomic E-state index is 0.0317. The Bertz CT molecular complexity index is 379. The zero-order valence-electron chi connectivity index (χ0n) is 18.4. The maximum atomic E-state index is 12.0. The van der Waals surface area contributed by atoms with E-state index in [9.17, 15) is 4.57 Å².